The number of hydrogen-bond donors (Lipinski definition) is 1. The molecule has 12 heavy (non-hydrogen) atoms. The summed E-state index contributed by atoms with van der Waals surface area (Å²) in [5.74, 6) is 0. The molecule has 0 aliphatic rings. The summed E-state index contributed by atoms with van der Waals surface area (Å²) in [5, 5.41) is 9.60. The van der Waals surface area contributed by atoms with E-state index in [9.17, 15) is 5.11 Å². The number of rotatable bonds is 2. The first-order valence-electron chi connectivity index (χ1n) is 4.40. The highest BCUT2D eigenvalue weighted by molar-refractivity contribution is 5.31. The Balaban J connectivity index is 3.01. The molecule has 0 radical (unpaired) electrons. The highest BCUT2D eigenvalue weighted by Gasteiger charge is 2.06. The maximum Gasteiger partial charge on any atom is 0.0790 e. The van der Waals surface area contributed by atoms with Crippen LogP contribution in [0.3, 0.4) is 0 Å². The first-order chi connectivity index (χ1) is 5.65. The van der Waals surface area contributed by atoms with E-state index in [0.29, 0.717) is 0 Å². The van der Waals surface area contributed by atoms with Crippen LogP contribution < -0.4 is 0 Å². The van der Waals surface area contributed by atoms with Crippen molar-refractivity contribution in [1.82, 2.24) is 0 Å². The van der Waals surface area contributed by atoms with Crippen molar-refractivity contribution < 1.29 is 5.11 Å². The molecule has 0 aromatic heterocycles. The third-order valence-corrected chi connectivity index (χ3v) is 2.17. The fraction of sp³-hybridized carbons (Fsp3) is 0.455. The number of aliphatic hydroxyl groups is 1. The van der Waals surface area contributed by atoms with Gasteiger partial charge in [-0.2, -0.15) is 0 Å². The summed E-state index contributed by atoms with van der Waals surface area (Å²) in [4.78, 5) is 0. The van der Waals surface area contributed by atoms with E-state index < -0.39 is 0 Å². The van der Waals surface area contributed by atoms with Crippen molar-refractivity contribution in [2.75, 3.05) is 0 Å². The quantitative estimate of drug-likeness (QED) is 0.712. The van der Waals surface area contributed by atoms with Crippen LogP contribution in [0.4, 0.5) is 0 Å². The van der Waals surface area contributed by atoms with E-state index in [2.05, 4.69) is 13.0 Å². The van der Waals surface area contributed by atoms with Crippen molar-refractivity contribution in [3.8, 4) is 0 Å². The summed E-state index contributed by atoms with van der Waals surface area (Å²) in [6.07, 6.45) is 0.481. The zero-order chi connectivity index (χ0) is 9.14. The van der Waals surface area contributed by atoms with E-state index in [1.54, 1.807) is 0 Å². The fourth-order valence-electron chi connectivity index (χ4n) is 1.42. The molecule has 0 unspecified atom stereocenters. The zero-order valence-electron chi connectivity index (χ0n) is 7.96. The fourth-order valence-corrected chi connectivity index (χ4v) is 1.42. The molecule has 0 amide bonds. The Labute approximate surface area is 74.1 Å². The maximum absolute atomic E-state index is 9.60. The third kappa shape index (κ3) is 1.86. The SMILES string of the molecule is CC[C@@H](O)c1ccc(C)cc1C. The van der Waals surface area contributed by atoms with E-state index in [-0.39, 0.29) is 6.10 Å². The molecule has 1 aromatic rings. The van der Waals surface area contributed by atoms with E-state index in [0.717, 1.165) is 12.0 Å². The van der Waals surface area contributed by atoms with Crippen LogP contribution in [-0.2, 0) is 0 Å². The first-order valence-corrected chi connectivity index (χ1v) is 4.40. The van der Waals surface area contributed by atoms with Crippen molar-refractivity contribution in [2.24, 2.45) is 0 Å². The average molecular weight is 164 g/mol. The lowest BCUT2D eigenvalue weighted by Gasteiger charge is -2.11. The van der Waals surface area contributed by atoms with Gasteiger partial charge in [-0.05, 0) is 31.4 Å². The maximum atomic E-state index is 9.60. The molecule has 0 spiro atoms. The van der Waals surface area contributed by atoms with E-state index in [1.807, 2.05) is 26.0 Å². The molecular weight excluding hydrogens is 148 g/mol. The van der Waals surface area contributed by atoms with E-state index in [1.165, 1.54) is 11.1 Å². The molecule has 1 rings (SSSR count). The molecule has 1 heteroatoms. The summed E-state index contributed by atoms with van der Waals surface area (Å²) in [6, 6.07) is 6.16. The minimum atomic E-state index is -0.300. The predicted octanol–water partition coefficient (Wildman–Crippen LogP) is 2.75. The average Bonchev–Trinajstić information content (AvgIpc) is 2.03. The summed E-state index contributed by atoms with van der Waals surface area (Å²) < 4.78 is 0. The Morgan fingerprint density at radius 1 is 1.33 bits per heavy atom. The van der Waals surface area contributed by atoms with Crippen LogP contribution in [0.1, 0.15) is 36.1 Å². The standard InChI is InChI=1S/C11H16O/c1-4-11(12)10-6-5-8(2)7-9(10)3/h5-7,11-12H,4H2,1-3H3/t11-/m1/s1. The van der Waals surface area contributed by atoms with Gasteiger partial charge in [0.15, 0.2) is 0 Å². The van der Waals surface area contributed by atoms with Crippen LogP contribution in [0.15, 0.2) is 18.2 Å². The normalized spacial score (nSPS) is 13.0. The Hall–Kier alpha value is -0.820. The highest BCUT2D eigenvalue weighted by atomic mass is 16.3. The smallest absolute Gasteiger partial charge is 0.0790 e. The van der Waals surface area contributed by atoms with Crippen molar-refractivity contribution in [1.29, 1.82) is 0 Å². The molecule has 0 aliphatic carbocycles. The van der Waals surface area contributed by atoms with E-state index in [4.69, 9.17) is 0 Å². The molecule has 1 aromatic carbocycles. The van der Waals surface area contributed by atoms with Gasteiger partial charge in [0.25, 0.3) is 0 Å². The van der Waals surface area contributed by atoms with Crippen molar-refractivity contribution in [3.05, 3.63) is 34.9 Å². The molecule has 1 N–H and O–H groups in total. The molecule has 0 heterocycles. The molecule has 0 fully saturated rings. The second-order valence-electron chi connectivity index (χ2n) is 3.28. The lowest BCUT2D eigenvalue weighted by molar-refractivity contribution is 0.173. The molecule has 0 aliphatic heterocycles. The van der Waals surface area contributed by atoms with Gasteiger partial charge >= 0.3 is 0 Å². The third-order valence-electron chi connectivity index (χ3n) is 2.17. The minimum Gasteiger partial charge on any atom is -0.388 e. The molecule has 1 nitrogen and oxygen atoms in total. The minimum absolute atomic E-state index is 0.300. The molecule has 0 saturated carbocycles. The second kappa shape index (κ2) is 3.72. The number of aliphatic hydroxyl groups excluding tert-OH is 1. The van der Waals surface area contributed by atoms with Gasteiger partial charge in [0.05, 0.1) is 6.10 Å². The molecule has 66 valence electrons. The lowest BCUT2D eigenvalue weighted by Crippen LogP contribution is -1.98. The van der Waals surface area contributed by atoms with Gasteiger partial charge in [-0.1, -0.05) is 30.7 Å². The van der Waals surface area contributed by atoms with Crippen LogP contribution in [0, 0.1) is 13.8 Å². The first kappa shape index (κ1) is 9.27. The predicted molar refractivity (Wildman–Crippen MR) is 51.2 cm³/mol. The second-order valence-corrected chi connectivity index (χ2v) is 3.28. The summed E-state index contributed by atoms with van der Waals surface area (Å²) in [5.41, 5.74) is 3.49. The Morgan fingerprint density at radius 3 is 2.50 bits per heavy atom. The van der Waals surface area contributed by atoms with Crippen LogP contribution >= 0.6 is 0 Å². The number of benzene rings is 1. The number of aryl methyl sites for hydroxylation is 2. The van der Waals surface area contributed by atoms with Gasteiger partial charge in [-0.25, -0.2) is 0 Å². The van der Waals surface area contributed by atoms with Crippen molar-refractivity contribution in [3.63, 3.8) is 0 Å². The number of hydrogen-bond acceptors (Lipinski definition) is 1. The van der Waals surface area contributed by atoms with Crippen LogP contribution in [0.2, 0.25) is 0 Å². The van der Waals surface area contributed by atoms with Gasteiger partial charge in [0, 0.05) is 0 Å². The Morgan fingerprint density at radius 2 is 2.00 bits per heavy atom. The largest absolute Gasteiger partial charge is 0.388 e. The highest BCUT2D eigenvalue weighted by Crippen LogP contribution is 2.20. The molecule has 0 saturated heterocycles. The van der Waals surface area contributed by atoms with Gasteiger partial charge < -0.3 is 5.11 Å². The Kier molecular flexibility index (Phi) is 2.88. The molecular formula is C11H16O. The monoisotopic (exact) mass is 164 g/mol. The summed E-state index contributed by atoms with van der Waals surface area (Å²) in [7, 11) is 0. The Bertz CT molecular complexity index is 266. The molecule has 0 bridgehead atoms. The van der Waals surface area contributed by atoms with Gasteiger partial charge in [0.1, 0.15) is 0 Å². The van der Waals surface area contributed by atoms with Gasteiger partial charge in [-0.15, -0.1) is 0 Å². The van der Waals surface area contributed by atoms with Crippen LogP contribution in [0.25, 0.3) is 0 Å². The van der Waals surface area contributed by atoms with Gasteiger partial charge in [0.2, 0.25) is 0 Å². The van der Waals surface area contributed by atoms with Crippen molar-refractivity contribution >= 4 is 0 Å². The van der Waals surface area contributed by atoms with Gasteiger partial charge in [-0.3, -0.25) is 0 Å². The summed E-state index contributed by atoms with van der Waals surface area (Å²) >= 11 is 0. The topological polar surface area (TPSA) is 20.2 Å². The summed E-state index contributed by atoms with van der Waals surface area (Å²) in [6.45, 7) is 6.10. The van der Waals surface area contributed by atoms with Crippen LogP contribution in [-0.4, -0.2) is 5.11 Å². The van der Waals surface area contributed by atoms with E-state index >= 15 is 0 Å². The van der Waals surface area contributed by atoms with Crippen molar-refractivity contribution in [2.45, 2.75) is 33.3 Å². The molecule has 1 atom stereocenters. The van der Waals surface area contributed by atoms with Crippen LogP contribution in [0.5, 0.6) is 0 Å². The lowest BCUT2D eigenvalue weighted by atomic mass is 10.00. The zero-order valence-corrected chi connectivity index (χ0v) is 7.96.